The van der Waals surface area contributed by atoms with Gasteiger partial charge in [0, 0.05) is 11.4 Å². The van der Waals surface area contributed by atoms with E-state index in [2.05, 4.69) is 4.98 Å². The summed E-state index contributed by atoms with van der Waals surface area (Å²) in [5.41, 5.74) is 6.35. The molecule has 0 aliphatic heterocycles. The molecular formula is C9H16N2O2S2. The molecular weight excluding hydrogens is 232 g/mol. The number of aromatic nitrogens is 1. The summed E-state index contributed by atoms with van der Waals surface area (Å²) in [6.45, 7) is 5.63. The fourth-order valence-corrected chi connectivity index (χ4v) is 3.29. The van der Waals surface area contributed by atoms with Gasteiger partial charge in [-0.25, -0.2) is 13.4 Å². The molecule has 1 aromatic heterocycles. The highest BCUT2D eigenvalue weighted by Crippen LogP contribution is 2.20. The van der Waals surface area contributed by atoms with E-state index in [-0.39, 0.29) is 11.0 Å². The highest BCUT2D eigenvalue weighted by Gasteiger charge is 2.19. The average Bonchev–Trinajstić information content (AvgIpc) is 2.44. The summed E-state index contributed by atoms with van der Waals surface area (Å²) in [4.78, 5) is 5.17. The summed E-state index contributed by atoms with van der Waals surface area (Å²) < 4.78 is 23.3. The first-order valence-electron chi connectivity index (χ1n) is 4.73. The predicted octanol–water partition coefficient (Wildman–Crippen LogP) is 1.23. The summed E-state index contributed by atoms with van der Waals surface area (Å²) >= 11 is 1.39. The van der Waals surface area contributed by atoms with Crippen LogP contribution >= 0.6 is 11.3 Å². The second-order valence-electron chi connectivity index (χ2n) is 3.68. The van der Waals surface area contributed by atoms with Crippen molar-refractivity contribution >= 4 is 21.2 Å². The van der Waals surface area contributed by atoms with Crippen LogP contribution in [0.2, 0.25) is 0 Å². The van der Waals surface area contributed by atoms with Gasteiger partial charge in [-0.05, 0) is 20.8 Å². The molecule has 0 aliphatic rings. The van der Waals surface area contributed by atoms with Gasteiger partial charge in [0.05, 0.1) is 10.9 Å². The molecule has 15 heavy (non-hydrogen) atoms. The minimum absolute atomic E-state index is 0.0240. The molecule has 0 bridgehead atoms. The van der Waals surface area contributed by atoms with Gasteiger partial charge >= 0.3 is 0 Å². The number of aryl methyl sites for hydroxylation is 1. The van der Waals surface area contributed by atoms with Crippen molar-refractivity contribution in [1.29, 1.82) is 0 Å². The first kappa shape index (κ1) is 12.6. The van der Waals surface area contributed by atoms with Gasteiger partial charge in [-0.3, -0.25) is 0 Å². The van der Waals surface area contributed by atoms with Crippen LogP contribution in [0.4, 0.5) is 0 Å². The van der Waals surface area contributed by atoms with Crippen LogP contribution in [0.5, 0.6) is 0 Å². The minimum Gasteiger partial charge on any atom is -0.326 e. The monoisotopic (exact) mass is 248 g/mol. The van der Waals surface area contributed by atoms with E-state index in [1.165, 1.54) is 11.3 Å². The number of nitrogens with zero attached hydrogens (tertiary/aromatic N) is 1. The molecule has 0 saturated carbocycles. The molecule has 0 amide bonds. The summed E-state index contributed by atoms with van der Waals surface area (Å²) in [5, 5.41) is 0.282. The zero-order chi connectivity index (χ0) is 11.6. The molecule has 0 atom stereocenters. The maximum absolute atomic E-state index is 11.6. The highest BCUT2D eigenvalue weighted by molar-refractivity contribution is 7.91. The van der Waals surface area contributed by atoms with Crippen molar-refractivity contribution in [2.75, 3.05) is 0 Å². The number of hydrogen-bond acceptors (Lipinski definition) is 5. The third kappa shape index (κ3) is 2.99. The lowest BCUT2D eigenvalue weighted by Crippen LogP contribution is -2.15. The molecule has 4 nitrogen and oxygen atoms in total. The molecule has 6 heteroatoms. The molecule has 0 aliphatic carbocycles. The van der Waals surface area contributed by atoms with Crippen LogP contribution < -0.4 is 5.73 Å². The number of sulfone groups is 1. The van der Waals surface area contributed by atoms with Crippen LogP contribution in [0.15, 0.2) is 0 Å². The molecule has 1 rings (SSSR count). The Morgan fingerprint density at radius 3 is 2.47 bits per heavy atom. The Morgan fingerprint density at radius 2 is 2.07 bits per heavy atom. The molecule has 0 aromatic carbocycles. The fraction of sp³-hybridized carbons (Fsp3) is 0.667. The van der Waals surface area contributed by atoms with E-state index in [1.54, 1.807) is 13.8 Å². The topological polar surface area (TPSA) is 73.0 Å². The zero-order valence-corrected chi connectivity index (χ0v) is 10.8. The van der Waals surface area contributed by atoms with Gasteiger partial charge in [0.15, 0.2) is 9.84 Å². The van der Waals surface area contributed by atoms with Crippen molar-refractivity contribution in [3.8, 4) is 0 Å². The standard InChI is InChI=1S/C9H16N2O2S2/c1-6(2)15(12,13)5-9-11-7(3)8(4-10)14-9/h6H,4-5,10H2,1-3H3. The third-order valence-electron chi connectivity index (χ3n) is 2.17. The molecule has 1 aromatic rings. The van der Waals surface area contributed by atoms with Gasteiger partial charge in [0.25, 0.3) is 0 Å². The van der Waals surface area contributed by atoms with Gasteiger partial charge in [-0.15, -0.1) is 11.3 Å². The van der Waals surface area contributed by atoms with E-state index in [0.717, 1.165) is 10.6 Å². The van der Waals surface area contributed by atoms with Crippen molar-refractivity contribution in [2.45, 2.75) is 38.3 Å². The third-order valence-corrected chi connectivity index (χ3v) is 5.64. The van der Waals surface area contributed by atoms with Gasteiger partial charge in [-0.1, -0.05) is 0 Å². The summed E-state index contributed by atoms with van der Waals surface area (Å²) in [7, 11) is -3.06. The second kappa shape index (κ2) is 4.59. The molecule has 0 spiro atoms. The summed E-state index contributed by atoms with van der Waals surface area (Å²) in [5.74, 6) is 0.0240. The van der Waals surface area contributed by atoms with Crippen LogP contribution in [0.3, 0.4) is 0 Å². The Labute approximate surface area is 94.4 Å². The maximum atomic E-state index is 11.6. The molecule has 0 fully saturated rings. The molecule has 1 heterocycles. The van der Waals surface area contributed by atoms with E-state index in [1.807, 2.05) is 6.92 Å². The number of hydrogen-bond donors (Lipinski definition) is 1. The van der Waals surface area contributed by atoms with Crippen LogP contribution in [0, 0.1) is 6.92 Å². The zero-order valence-electron chi connectivity index (χ0n) is 9.15. The molecule has 86 valence electrons. The van der Waals surface area contributed by atoms with E-state index in [9.17, 15) is 8.42 Å². The number of nitrogens with two attached hydrogens (primary N) is 1. The lowest BCUT2D eigenvalue weighted by Gasteiger charge is -2.04. The molecule has 2 N–H and O–H groups in total. The highest BCUT2D eigenvalue weighted by atomic mass is 32.2. The average molecular weight is 248 g/mol. The fourth-order valence-electron chi connectivity index (χ4n) is 1.08. The predicted molar refractivity (Wildman–Crippen MR) is 62.5 cm³/mol. The molecule has 0 saturated heterocycles. The lowest BCUT2D eigenvalue weighted by molar-refractivity contribution is 0.586. The van der Waals surface area contributed by atoms with E-state index < -0.39 is 9.84 Å². The van der Waals surface area contributed by atoms with Crippen molar-refractivity contribution in [3.05, 3.63) is 15.6 Å². The largest absolute Gasteiger partial charge is 0.326 e. The van der Waals surface area contributed by atoms with Gasteiger partial charge in [0.2, 0.25) is 0 Å². The Morgan fingerprint density at radius 1 is 1.47 bits per heavy atom. The number of thiazole rings is 1. The van der Waals surface area contributed by atoms with Crippen LogP contribution in [0.1, 0.15) is 29.4 Å². The normalized spacial score (nSPS) is 12.3. The number of rotatable bonds is 4. The maximum Gasteiger partial charge on any atom is 0.159 e. The Kier molecular flexibility index (Phi) is 3.86. The van der Waals surface area contributed by atoms with Gasteiger partial charge < -0.3 is 5.73 Å². The van der Waals surface area contributed by atoms with E-state index in [4.69, 9.17) is 5.73 Å². The summed E-state index contributed by atoms with van der Waals surface area (Å²) in [6.07, 6.45) is 0. The van der Waals surface area contributed by atoms with Crippen molar-refractivity contribution in [3.63, 3.8) is 0 Å². The van der Waals surface area contributed by atoms with E-state index in [0.29, 0.717) is 11.6 Å². The Balaban J connectivity index is 2.91. The van der Waals surface area contributed by atoms with Gasteiger partial charge in [-0.2, -0.15) is 0 Å². The van der Waals surface area contributed by atoms with Gasteiger partial charge in [0.1, 0.15) is 10.8 Å². The Hall–Kier alpha value is -0.460. The van der Waals surface area contributed by atoms with Crippen molar-refractivity contribution < 1.29 is 8.42 Å². The Bertz CT molecular complexity index is 435. The van der Waals surface area contributed by atoms with E-state index >= 15 is 0 Å². The quantitative estimate of drug-likeness (QED) is 0.870. The molecule has 0 radical (unpaired) electrons. The smallest absolute Gasteiger partial charge is 0.159 e. The first-order chi connectivity index (χ1) is 6.86. The minimum atomic E-state index is -3.06. The van der Waals surface area contributed by atoms with Crippen LogP contribution in [0.25, 0.3) is 0 Å². The summed E-state index contributed by atoms with van der Waals surface area (Å²) in [6, 6.07) is 0. The SMILES string of the molecule is Cc1nc(CS(=O)(=O)C(C)C)sc1CN. The van der Waals surface area contributed by atoms with Crippen molar-refractivity contribution in [1.82, 2.24) is 4.98 Å². The first-order valence-corrected chi connectivity index (χ1v) is 7.27. The lowest BCUT2D eigenvalue weighted by atomic mass is 10.4. The van der Waals surface area contributed by atoms with Crippen LogP contribution in [-0.4, -0.2) is 18.7 Å². The molecule has 0 unspecified atom stereocenters. The van der Waals surface area contributed by atoms with Crippen molar-refractivity contribution in [2.24, 2.45) is 5.73 Å². The van der Waals surface area contributed by atoms with Crippen LogP contribution in [-0.2, 0) is 22.1 Å². The second-order valence-corrected chi connectivity index (χ2v) is 7.40.